The lowest BCUT2D eigenvalue weighted by Crippen LogP contribution is -2.16. The number of benzene rings is 1. The van der Waals surface area contributed by atoms with Gasteiger partial charge in [0.2, 0.25) is 0 Å². The molecule has 2 N–H and O–H groups in total. The summed E-state index contributed by atoms with van der Waals surface area (Å²) in [6.07, 6.45) is 4.87. The lowest BCUT2D eigenvalue weighted by Gasteiger charge is -2.24. The second-order valence-electron chi connectivity index (χ2n) is 4.76. The Kier molecular flexibility index (Phi) is 3.67. The zero-order valence-electron chi connectivity index (χ0n) is 10.2. The van der Waals surface area contributed by atoms with Gasteiger partial charge in [-0.25, -0.2) is 4.79 Å². The van der Waals surface area contributed by atoms with Gasteiger partial charge in [-0.3, -0.25) is 0 Å². The number of para-hydroxylation sites is 1. The van der Waals surface area contributed by atoms with E-state index in [2.05, 4.69) is 0 Å². The van der Waals surface area contributed by atoms with Crippen LogP contribution in [-0.2, 0) is 4.74 Å². The molecule has 3 heteroatoms. The number of hydrogen-bond donors (Lipinski definition) is 1. The Bertz CT molecular complexity index is 411. The fourth-order valence-corrected chi connectivity index (χ4v) is 2.04. The Hall–Kier alpha value is -1.51. The molecule has 1 aliphatic carbocycles. The van der Waals surface area contributed by atoms with Gasteiger partial charge in [0.1, 0.15) is 0 Å². The number of hydrogen-bond acceptors (Lipinski definition) is 3. The van der Waals surface area contributed by atoms with Crippen LogP contribution in [0.25, 0.3) is 0 Å². The quantitative estimate of drug-likeness (QED) is 0.642. The highest BCUT2D eigenvalue weighted by molar-refractivity contribution is 5.95. The van der Waals surface area contributed by atoms with Crippen LogP contribution in [0.3, 0.4) is 0 Å². The number of aryl methyl sites for hydroxylation is 1. The Morgan fingerprint density at radius 3 is 2.88 bits per heavy atom. The number of nitrogens with two attached hydrogens (primary N) is 1. The molecule has 17 heavy (non-hydrogen) atoms. The molecule has 1 aromatic carbocycles. The molecule has 0 spiro atoms. The minimum atomic E-state index is -0.300. The van der Waals surface area contributed by atoms with Crippen molar-refractivity contribution in [3.05, 3.63) is 29.3 Å². The second-order valence-corrected chi connectivity index (χ2v) is 4.76. The molecule has 0 aliphatic heterocycles. The standard InChI is InChI=1S/C14H19NO2/c1-10-4-2-7-12(13(10)15)14(16)17-9-8-11-5-3-6-11/h2,4,7,11H,3,5-6,8-9,15H2,1H3. The minimum absolute atomic E-state index is 0.300. The summed E-state index contributed by atoms with van der Waals surface area (Å²) in [7, 11) is 0. The van der Waals surface area contributed by atoms with Crippen LogP contribution in [0, 0.1) is 12.8 Å². The average Bonchev–Trinajstić information content (AvgIpc) is 2.25. The first-order chi connectivity index (χ1) is 8.18. The fourth-order valence-electron chi connectivity index (χ4n) is 2.04. The number of nitrogen functional groups attached to an aromatic ring is 1. The first-order valence-corrected chi connectivity index (χ1v) is 6.20. The number of rotatable bonds is 4. The maximum Gasteiger partial charge on any atom is 0.340 e. The van der Waals surface area contributed by atoms with Crippen molar-refractivity contribution in [3.8, 4) is 0 Å². The molecule has 0 radical (unpaired) electrons. The monoisotopic (exact) mass is 233 g/mol. The summed E-state index contributed by atoms with van der Waals surface area (Å²) in [5.74, 6) is 0.461. The minimum Gasteiger partial charge on any atom is -0.462 e. The van der Waals surface area contributed by atoms with Gasteiger partial charge in [-0.15, -0.1) is 0 Å². The number of ether oxygens (including phenoxy) is 1. The number of carbonyl (C=O) groups is 1. The molecule has 3 nitrogen and oxygen atoms in total. The van der Waals surface area contributed by atoms with Crippen molar-refractivity contribution >= 4 is 11.7 Å². The van der Waals surface area contributed by atoms with Crippen molar-refractivity contribution in [3.63, 3.8) is 0 Å². The van der Waals surface area contributed by atoms with Crippen LogP contribution < -0.4 is 5.73 Å². The third-order valence-corrected chi connectivity index (χ3v) is 3.53. The Morgan fingerprint density at radius 1 is 1.47 bits per heavy atom. The van der Waals surface area contributed by atoms with Crippen LogP contribution in [0.1, 0.15) is 41.6 Å². The van der Waals surface area contributed by atoms with E-state index in [0.717, 1.165) is 17.9 Å². The fraction of sp³-hybridized carbons (Fsp3) is 0.500. The molecule has 1 aliphatic rings. The zero-order chi connectivity index (χ0) is 12.3. The van der Waals surface area contributed by atoms with Crippen LogP contribution in [0.4, 0.5) is 5.69 Å². The number of carbonyl (C=O) groups excluding carboxylic acids is 1. The summed E-state index contributed by atoms with van der Waals surface area (Å²) in [6.45, 7) is 2.40. The summed E-state index contributed by atoms with van der Waals surface area (Å²) in [5.41, 5.74) is 7.78. The SMILES string of the molecule is Cc1cccc(C(=O)OCCC2CCC2)c1N. The Balaban J connectivity index is 1.87. The smallest absolute Gasteiger partial charge is 0.340 e. The van der Waals surface area contributed by atoms with Crippen molar-refractivity contribution in [2.24, 2.45) is 5.92 Å². The predicted octanol–water partition coefficient (Wildman–Crippen LogP) is 2.92. The van der Waals surface area contributed by atoms with E-state index >= 15 is 0 Å². The topological polar surface area (TPSA) is 52.3 Å². The van der Waals surface area contributed by atoms with Crippen molar-refractivity contribution in [2.75, 3.05) is 12.3 Å². The van der Waals surface area contributed by atoms with Gasteiger partial charge in [0.15, 0.2) is 0 Å². The van der Waals surface area contributed by atoms with E-state index in [-0.39, 0.29) is 5.97 Å². The summed E-state index contributed by atoms with van der Waals surface area (Å²) in [6, 6.07) is 5.43. The van der Waals surface area contributed by atoms with Crippen LogP contribution >= 0.6 is 0 Å². The van der Waals surface area contributed by atoms with Gasteiger partial charge in [0, 0.05) is 5.69 Å². The number of esters is 1. The van der Waals surface area contributed by atoms with Gasteiger partial charge in [-0.05, 0) is 30.9 Å². The highest BCUT2D eigenvalue weighted by atomic mass is 16.5. The van der Waals surface area contributed by atoms with Gasteiger partial charge in [0.25, 0.3) is 0 Å². The first-order valence-electron chi connectivity index (χ1n) is 6.20. The molecular formula is C14H19NO2. The molecular weight excluding hydrogens is 214 g/mol. The van der Waals surface area contributed by atoms with Gasteiger partial charge in [0.05, 0.1) is 12.2 Å². The van der Waals surface area contributed by atoms with Gasteiger partial charge in [-0.2, -0.15) is 0 Å². The van der Waals surface area contributed by atoms with Crippen molar-refractivity contribution in [1.82, 2.24) is 0 Å². The van der Waals surface area contributed by atoms with Crippen molar-refractivity contribution in [2.45, 2.75) is 32.6 Å². The molecule has 1 aromatic rings. The van der Waals surface area contributed by atoms with E-state index in [1.165, 1.54) is 19.3 Å². The lowest BCUT2D eigenvalue weighted by atomic mass is 9.83. The normalized spacial score (nSPS) is 15.4. The highest BCUT2D eigenvalue weighted by Crippen LogP contribution is 2.29. The van der Waals surface area contributed by atoms with Crippen LogP contribution in [0.15, 0.2) is 18.2 Å². The molecule has 1 saturated carbocycles. The molecule has 0 atom stereocenters. The molecule has 0 bridgehead atoms. The highest BCUT2D eigenvalue weighted by Gasteiger charge is 2.18. The van der Waals surface area contributed by atoms with Crippen molar-refractivity contribution < 1.29 is 9.53 Å². The first kappa shape index (κ1) is 12.0. The maximum atomic E-state index is 11.8. The molecule has 0 aromatic heterocycles. The Labute approximate surface area is 102 Å². The van der Waals surface area contributed by atoms with E-state index in [9.17, 15) is 4.79 Å². The van der Waals surface area contributed by atoms with Gasteiger partial charge < -0.3 is 10.5 Å². The zero-order valence-corrected chi connectivity index (χ0v) is 10.2. The summed E-state index contributed by atoms with van der Waals surface area (Å²) >= 11 is 0. The molecule has 92 valence electrons. The lowest BCUT2D eigenvalue weighted by molar-refractivity contribution is 0.0465. The van der Waals surface area contributed by atoms with E-state index in [4.69, 9.17) is 10.5 Å². The molecule has 2 rings (SSSR count). The van der Waals surface area contributed by atoms with E-state index in [1.54, 1.807) is 6.07 Å². The molecule has 0 unspecified atom stereocenters. The van der Waals surface area contributed by atoms with E-state index < -0.39 is 0 Å². The Morgan fingerprint density at radius 2 is 2.24 bits per heavy atom. The molecule has 0 amide bonds. The van der Waals surface area contributed by atoms with Crippen LogP contribution in [0.5, 0.6) is 0 Å². The van der Waals surface area contributed by atoms with E-state index in [1.807, 2.05) is 19.1 Å². The van der Waals surface area contributed by atoms with Gasteiger partial charge in [-0.1, -0.05) is 31.4 Å². The summed E-state index contributed by atoms with van der Waals surface area (Å²) < 4.78 is 5.25. The molecule has 0 heterocycles. The average molecular weight is 233 g/mol. The van der Waals surface area contributed by atoms with E-state index in [0.29, 0.717) is 17.9 Å². The third kappa shape index (κ3) is 2.78. The molecule has 0 saturated heterocycles. The summed E-state index contributed by atoms with van der Waals surface area (Å²) in [4.78, 5) is 11.8. The third-order valence-electron chi connectivity index (χ3n) is 3.53. The predicted molar refractivity (Wildman–Crippen MR) is 67.8 cm³/mol. The molecule has 1 fully saturated rings. The van der Waals surface area contributed by atoms with Crippen molar-refractivity contribution in [1.29, 1.82) is 0 Å². The van der Waals surface area contributed by atoms with Crippen LogP contribution in [0.2, 0.25) is 0 Å². The van der Waals surface area contributed by atoms with Gasteiger partial charge >= 0.3 is 5.97 Å². The maximum absolute atomic E-state index is 11.8. The number of anilines is 1. The largest absolute Gasteiger partial charge is 0.462 e. The summed E-state index contributed by atoms with van der Waals surface area (Å²) in [5, 5.41) is 0. The second kappa shape index (κ2) is 5.21. The van der Waals surface area contributed by atoms with Crippen LogP contribution in [-0.4, -0.2) is 12.6 Å².